The first kappa shape index (κ1) is 41.2. The SMILES string of the molecule is CCCC(c1ccc(C(=O)NCCC=O)cc1)C(C=O)c1ccc(OC(F)(F)F)cc1.CNc1ccc(-c2c(C)cc(C)cc2C)cc1.CO. The van der Waals surface area contributed by atoms with E-state index in [0.29, 0.717) is 17.5 Å². The van der Waals surface area contributed by atoms with Crippen molar-refractivity contribution in [1.82, 2.24) is 5.32 Å². The maximum atomic E-state index is 12.4. The van der Waals surface area contributed by atoms with Crippen LogP contribution in [-0.4, -0.2) is 50.7 Å². The molecular formula is C40H47F3N2O5. The van der Waals surface area contributed by atoms with Gasteiger partial charge in [-0.3, -0.25) is 4.79 Å². The number of carbonyl (C=O) groups excluding carboxylic acids is 3. The number of nitrogens with one attached hydrogen (secondary N) is 2. The van der Waals surface area contributed by atoms with Gasteiger partial charge in [0.2, 0.25) is 0 Å². The summed E-state index contributed by atoms with van der Waals surface area (Å²) in [5, 5.41) is 12.8. The summed E-state index contributed by atoms with van der Waals surface area (Å²) in [5.74, 6) is -1.42. The molecule has 2 atom stereocenters. The number of aryl methyl sites for hydroxylation is 3. The molecule has 0 heterocycles. The number of anilines is 1. The number of aliphatic hydroxyl groups is 1. The van der Waals surface area contributed by atoms with Crippen molar-refractivity contribution in [3.8, 4) is 16.9 Å². The number of hydrogen-bond donors (Lipinski definition) is 3. The van der Waals surface area contributed by atoms with E-state index in [9.17, 15) is 27.6 Å². The van der Waals surface area contributed by atoms with Gasteiger partial charge in [0.15, 0.2) is 0 Å². The van der Waals surface area contributed by atoms with Crippen molar-refractivity contribution in [1.29, 1.82) is 0 Å². The largest absolute Gasteiger partial charge is 0.573 e. The molecule has 7 nitrogen and oxygen atoms in total. The molecule has 2 unspecified atom stereocenters. The number of halogens is 3. The van der Waals surface area contributed by atoms with Gasteiger partial charge in [-0.25, -0.2) is 0 Å². The predicted octanol–water partition coefficient (Wildman–Crippen LogP) is 8.70. The standard InChI is InChI=1S/C23H24F3NO4.C16H19N.CH4O/c1-2-4-20(16-5-7-18(8-6-16)22(30)27-13-3-14-28)21(15-29)17-9-11-19(12-10-17)31-23(24,25)26;1-11-9-12(2)16(13(3)10-11)14-5-7-15(17-4)8-6-14;1-2/h5-12,14-15,20-21H,2-4,13H2,1H3,(H,27,30);5-10,17H,1-4H3;2H,1H3. The highest BCUT2D eigenvalue weighted by Gasteiger charge is 2.31. The molecule has 0 saturated carbocycles. The number of hydrogen-bond acceptors (Lipinski definition) is 6. The third-order valence-corrected chi connectivity index (χ3v) is 7.97. The van der Waals surface area contributed by atoms with Gasteiger partial charge in [-0.05, 0) is 103 Å². The van der Waals surface area contributed by atoms with E-state index in [2.05, 4.69) is 72.5 Å². The summed E-state index contributed by atoms with van der Waals surface area (Å²) in [4.78, 5) is 34.4. The topological polar surface area (TPSA) is 105 Å². The number of ether oxygens (including phenoxy) is 1. The first-order valence-electron chi connectivity index (χ1n) is 16.3. The van der Waals surface area contributed by atoms with Crippen LogP contribution >= 0.6 is 0 Å². The molecule has 50 heavy (non-hydrogen) atoms. The molecule has 0 radical (unpaired) electrons. The third kappa shape index (κ3) is 12.5. The van der Waals surface area contributed by atoms with Crippen LogP contribution in [0.2, 0.25) is 0 Å². The minimum absolute atomic E-state index is 0.205. The molecule has 4 aromatic carbocycles. The molecule has 0 aromatic heterocycles. The number of aldehydes is 2. The van der Waals surface area contributed by atoms with Gasteiger partial charge in [-0.2, -0.15) is 0 Å². The fourth-order valence-corrected chi connectivity index (χ4v) is 5.83. The zero-order valence-electron chi connectivity index (χ0n) is 29.4. The van der Waals surface area contributed by atoms with Crippen molar-refractivity contribution in [3.63, 3.8) is 0 Å². The van der Waals surface area contributed by atoms with E-state index >= 15 is 0 Å². The summed E-state index contributed by atoms with van der Waals surface area (Å²) in [7, 11) is 2.94. The second-order valence-corrected chi connectivity index (χ2v) is 11.6. The first-order chi connectivity index (χ1) is 23.9. The number of amides is 1. The van der Waals surface area contributed by atoms with Crippen molar-refractivity contribution in [2.45, 2.75) is 65.2 Å². The quantitative estimate of drug-likeness (QED) is 0.0957. The summed E-state index contributed by atoms with van der Waals surface area (Å²) in [6, 6.07) is 25.2. The third-order valence-electron chi connectivity index (χ3n) is 7.97. The molecule has 4 aromatic rings. The van der Waals surface area contributed by atoms with E-state index in [-0.39, 0.29) is 30.5 Å². The van der Waals surface area contributed by atoms with Crippen LogP contribution in [-0.2, 0) is 9.59 Å². The van der Waals surface area contributed by atoms with Crippen molar-refractivity contribution < 1.29 is 37.4 Å². The number of aliphatic hydroxyl groups excluding tert-OH is 1. The van der Waals surface area contributed by atoms with Gasteiger partial charge >= 0.3 is 6.36 Å². The Hall–Kier alpha value is -4.96. The van der Waals surface area contributed by atoms with Gasteiger partial charge in [0, 0.05) is 44.3 Å². The molecule has 0 saturated heterocycles. The number of rotatable bonds is 13. The van der Waals surface area contributed by atoms with Gasteiger partial charge in [0.05, 0.1) is 0 Å². The number of carbonyl (C=O) groups is 3. The van der Waals surface area contributed by atoms with E-state index in [1.807, 2.05) is 14.0 Å². The lowest BCUT2D eigenvalue weighted by molar-refractivity contribution is -0.274. The van der Waals surface area contributed by atoms with Crippen LogP contribution in [0.5, 0.6) is 5.75 Å². The second-order valence-electron chi connectivity index (χ2n) is 11.6. The molecule has 3 N–H and O–H groups in total. The molecule has 0 bridgehead atoms. The van der Waals surface area contributed by atoms with E-state index in [4.69, 9.17) is 5.11 Å². The highest BCUT2D eigenvalue weighted by atomic mass is 19.4. The summed E-state index contributed by atoms with van der Waals surface area (Å²) in [5.41, 5.74) is 9.68. The van der Waals surface area contributed by atoms with Crippen LogP contribution in [0.4, 0.5) is 18.9 Å². The minimum Gasteiger partial charge on any atom is -0.406 e. The molecule has 4 rings (SSSR count). The van der Waals surface area contributed by atoms with Crippen LogP contribution in [0, 0.1) is 20.8 Å². The zero-order valence-corrected chi connectivity index (χ0v) is 29.4. The maximum Gasteiger partial charge on any atom is 0.573 e. The predicted molar refractivity (Wildman–Crippen MR) is 193 cm³/mol. The Morgan fingerprint density at radius 3 is 1.90 bits per heavy atom. The molecule has 0 fully saturated rings. The van der Waals surface area contributed by atoms with Crippen LogP contribution in [0.1, 0.15) is 76.2 Å². The smallest absolute Gasteiger partial charge is 0.406 e. The van der Waals surface area contributed by atoms with Crippen LogP contribution in [0.3, 0.4) is 0 Å². The van der Waals surface area contributed by atoms with Crippen LogP contribution in [0.25, 0.3) is 11.1 Å². The molecule has 10 heteroatoms. The summed E-state index contributed by atoms with van der Waals surface area (Å²) >= 11 is 0. The summed E-state index contributed by atoms with van der Waals surface area (Å²) < 4.78 is 41.0. The maximum absolute atomic E-state index is 12.4. The van der Waals surface area contributed by atoms with Crippen molar-refractivity contribution in [2.75, 3.05) is 26.0 Å². The minimum atomic E-state index is -4.78. The first-order valence-corrected chi connectivity index (χ1v) is 16.3. The fraction of sp³-hybridized carbons (Fsp3) is 0.325. The summed E-state index contributed by atoms with van der Waals surface area (Å²) in [6.07, 6.45) is -1.57. The Bertz CT molecular complexity index is 1620. The molecular weight excluding hydrogens is 645 g/mol. The second kappa shape index (κ2) is 20.5. The average Bonchev–Trinajstić information content (AvgIpc) is 3.09. The van der Waals surface area contributed by atoms with Crippen molar-refractivity contribution >= 4 is 24.2 Å². The van der Waals surface area contributed by atoms with Gasteiger partial charge in [-0.1, -0.05) is 67.4 Å². The van der Waals surface area contributed by atoms with E-state index in [1.54, 1.807) is 24.3 Å². The fourth-order valence-electron chi connectivity index (χ4n) is 5.83. The van der Waals surface area contributed by atoms with Gasteiger partial charge < -0.3 is 30.1 Å². The Labute approximate surface area is 292 Å². The lowest BCUT2D eigenvalue weighted by Crippen LogP contribution is -2.24. The normalized spacial score (nSPS) is 11.8. The average molecular weight is 693 g/mol. The van der Waals surface area contributed by atoms with E-state index < -0.39 is 12.3 Å². The molecule has 0 spiro atoms. The van der Waals surface area contributed by atoms with E-state index in [0.717, 1.165) is 37.4 Å². The summed E-state index contributed by atoms with van der Waals surface area (Å²) in [6.45, 7) is 8.74. The molecule has 0 aliphatic heterocycles. The van der Waals surface area contributed by atoms with Crippen LogP contribution in [0.15, 0.2) is 84.9 Å². The van der Waals surface area contributed by atoms with Gasteiger partial charge in [0.25, 0.3) is 5.91 Å². The molecule has 1 amide bonds. The Kier molecular flexibility index (Phi) is 16.9. The molecule has 0 aliphatic rings. The van der Waals surface area contributed by atoms with Crippen molar-refractivity contribution in [3.05, 3.63) is 118 Å². The van der Waals surface area contributed by atoms with Crippen molar-refractivity contribution in [2.24, 2.45) is 0 Å². The Morgan fingerprint density at radius 1 is 0.860 bits per heavy atom. The Morgan fingerprint density at radius 2 is 1.42 bits per heavy atom. The highest BCUT2D eigenvalue weighted by molar-refractivity contribution is 5.94. The highest BCUT2D eigenvalue weighted by Crippen LogP contribution is 2.36. The van der Waals surface area contributed by atoms with Gasteiger partial charge in [0.1, 0.15) is 18.3 Å². The number of benzene rings is 4. The molecule has 0 aliphatic carbocycles. The van der Waals surface area contributed by atoms with Crippen LogP contribution < -0.4 is 15.4 Å². The zero-order chi connectivity index (χ0) is 37.3. The number of alkyl halides is 3. The Balaban J connectivity index is 0.000000383. The van der Waals surface area contributed by atoms with Gasteiger partial charge in [-0.15, -0.1) is 13.2 Å². The van der Waals surface area contributed by atoms with E-state index in [1.165, 1.54) is 52.1 Å². The lowest BCUT2D eigenvalue weighted by Gasteiger charge is -2.24. The monoisotopic (exact) mass is 692 g/mol. The molecule has 268 valence electrons. The lowest BCUT2D eigenvalue weighted by atomic mass is 9.79.